The first kappa shape index (κ1) is 12.8. The molecule has 1 nitrogen and oxygen atoms in total. The van der Waals surface area contributed by atoms with Crippen molar-refractivity contribution < 1.29 is 0 Å². The van der Waals surface area contributed by atoms with Gasteiger partial charge < -0.3 is 4.90 Å². The molecule has 0 bridgehead atoms. The van der Waals surface area contributed by atoms with Crippen molar-refractivity contribution in [2.24, 2.45) is 5.41 Å². The fourth-order valence-corrected chi connectivity index (χ4v) is 1.67. The van der Waals surface area contributed by atoms with Crippen molar-refractivity contribution in [1.29, 1.82) is 0 Å². The largest absolute Gasteiger partial charge is 0.376 e. The van der Waals surface area contributed by atoms with E-state index in [2.05, 4.69) is 69.0 Å². The van der Waals surface area contributed by atoms with Gasteiger partial charge in [-0.15, -0.1) is 0 Å². The van der Waals surface area contributed by atoms with Crippen LogP contribution in [0.1, 0.15) is 26.7 Å². The van der Waals surface area contributed by atoms with Crippen LogP contribution in [-0.2, 0) is 0 Å². The molecule has 1 heterocycles. The van der Waals surface area contributed by atoms with Crippen molar-refractivity contribution in [3.63, 3.8) is 0 Å². The third-order valence-electron chi connectivity index (χ3n) is 3.15. The van der Waals surface area contributed by atoms with Gasteiger partial charge in [-0.3, -0.25) is 0 Å². The number of nitrogens with zero attached hydrogens (tertiary/aromatic N) is 1. The molecule has 0 aromatic heterocycles. The number of allylic oxidation sites excluding steroid dienone is 4. The predicted molar refractivity (Wildman–Crippen MR) is 72.2 cm³/mol. The van der Waals surface area contributed by atoms with E-state index in [1.54, 1.807) is 0 Å². The third kappa shape index (κ3) is 4.09. The first-order chi connectivity index (χ1) is 7.56. The molecule has 1 unspecified atom stereocenters. The van der Waals surface area contributed by atoms with Crippen LogP contribution in [0, 0.1) is 5.41 Å². The molecule has 0 aromatic rings. The highest BCUT2D eigenvalue weighted by atomic mass is 15.1. The van der Waals surface area contributed by atoms with Gasteiger partial charge in [0.2, 0.25) is 0 Å². The molecular formula is C15H23N. The lowest BCUT2D eigenvalue weighted by Gasteiger charge is -2.24. The van der Waals surface area contributed by atoms with Crippen LogP contribution in [0.15, 0.2) is 48.7 Å². The van der Waals surface area contributed by atoms with Gasteiger partial charge in [0.1, 0.15) is 0 Å². The van der Waals surface area contributed by atoms with Crippen LogP contribution >= 0.6 is 0 Å². The first-order valence-electron chi connectivity index (χ1n) is 5.96. The van der Waals surface area contributed by atoms with E-state index in [1.165, 1.54) is 0 Å². The number of rotatable bonds is 1. The second-order valence-corrected chi connectivity index (χ2v) is 4.89. The average Bonchev–Trinajstić information content (AvgIpc) is 2.27. The minimum atomic E-state index is 0.268. The third-order valence-corrected chi connectivity index (χ3v) is 3.15. The Hall–Kier alpha value is -1.24. The molecule has 0 radical (unpaired) electrons. The van der Waals surface area contributed by atoms with Gasteiger partial charge in [0, 0.05) is 13.6 Å². The summed E-state index contributed by atoms with van der Waals surface area (Å²) in [7, 11) is 2.09. The van der Waals surface area contributed by atoms with E-state index < -0.39 is 0 Å². The minimum absolute atomic E-state index is 0.268. The highest BCUT2D eigenvalue weighted by molar-refractivity contribution is 5.21. The molecule has 0 fully saturated rings. The fraction of sp³-hybridized carbons (Fsp3) is 0.467. The standard InChI is InChI=1S/C15H23N/c1-5-15(3)10-8-6-7-9-14(2)13-16(4)12-11-15/h6-9,11-12H,2,5,10,13H2,1,3-4H3/b8-6-,9-7-,12-11-. The summed E-state index contributed by atoms with van der Waals surface area (Å²) in [4.78, 5) is 2.19. The molecule has 0 spiro atoms. The molecule has 1 aliphatic heterocycles. The smallest absolute Gasteiger partial charge is 0.0414 e. The Morgan fingerprint density at radius 1 is 1.44 bits per heavy atom. The molecule has 16 heavy (non-hydrogen) atoms. The second-order valence-electron chi connectivity index (χ2n) is 4.89. The quantitative estimate of drug-likeness (QED) is 0.643. The van der Waals surface area contributed by atoms with Crippen LogP contribution in [0.2, 0.25) is 0 Å². The summed E-state index contributed by atoms with van der Waals surface area (Å²) in [6.07, 6.45) is 15.3. The highest BCUT2D eigenvalue weighted by Gasteiger charge is 2.16. The van der Waals surface area contributed by atoms with E-state index in [4.69, 9.17) is 0 Å². The summed E-state index contributed by atoms with van der Waals surface area (Å²) in [6.45, 7) is 9.47. The topological polar surface area (TPSA) is 3.24 Å². The van der Waals surface area contributed by atoms with E-state index in [-0.39, 0.29) is 5.41 Å². The van der Waals surface area contributed by atoms with Crippen LogP contribution in [0.5, 0.6) is 0 Å². The van der Waals surface area contributed by atoms with E-state index in [0.29, 0.717) is 0 Å². The zero-order chi connectivity index (χ0) is 12.0. The Morgan fingerprint density at radius 2 is 2.19 bits per heavy atom. The normalized spacial score (nSPS) is 32.9. The second kappa shape index (κ2) is 5.74. The van der Waals surface area contributed by atoms with Gasteiger partial charge in [-0.25, -0.2) is 0 Å². The molecule has 0 N–H and O–H groups in total. The van der Waals surface area contributed by atoms with Gasteiger partial charge in [-0.1, -0.05) is 50.8 Å². The highest BCUT2D eigenvalue weighted by Crippen LogP contribution is 2.28. The molecule has 1 heteroatoms. The summed E-state index contributed by atoms with van der Waals surface area (Å²) >= 11 is 0. The Bertz CT molecular complexity index is 322. The van der Waals surface area contributed by atoms with Gasteiger partial charge in [0.05, 0.1) is 0 Å². The van der Waals surface area contributed by atoms with Crippen molar-refractivity contribution in [2.75, 3.05) is 13.6 Å². The molecule has 1 aliphatic rings. The number of hydrogen-bond donors (Lipinski definition) is 0. The predicted octanol–water partition coefficient (Wildman–Crippen LogP) is 3.92. The van der Waals surface area contributed by atoms with Crippen LogP contribution in [0.4, 0.5) is 0 Å². The van der Waals surface area contributed by atoms with Crippen molar-refractivity contribution in [1.82, 2.24) is 4.90 Å². The Labute approximate surface area is 99.8 Å². The Kier molecular flexibility index (Phi) is 4.60. The maximum Gasteiger partial charge on any atom is 0.0414 e. The number of likely N-dealkylation sites (N-methyl/N-ethyl adjacent to an activating group) is 1. The minimum Gasteiger partial charge on any atom is -0.376 e. The van der Waals surface area contributed by atoms with Crippen LogP contribution in [-0.4, -0.2) is 18.5 Å². The van der Waals surface area contributed by atoms with Gasteiger partial charge in [0.15, 0.2) is 0 Å². The summed E-state index contributed by atoms with van der Waals surface area (Å²) in [5.41, 5.74) is 1.40. The summed E-state index contributed by atoms with van der Waals surface area (Å²) < 4.78 is 0. The molecule has 88 valence electrons. The lowest BCUT2D eigenvalue weighted by atomic mass is 9.84. The molecule has 0 saturated heterocycles. The van der Waals surface area contributed by atoms with Gasteiger partial charge in [-0.05, 0) is 30.0 Å². The lowest BCUT2D eigenvalue weighted by molar-refractivity contribution is 0.402. The zero-order valence-corrected chi connectivity index (χ0v) is 10.7. The van der Waals surface area contributed by atoms with E-state index in [0.717, 1.165) is 25.0 Å². The molecule has 0 aliphatic carbocycles. The number of hydrogen-bond acceptors (Lipinski definition) is 1. The van der Waals surface area contributed by atoms with Gasteiger partial charge >= 0.3 is 0 Å². The molecule has 0 saturated carbocycles. The molecule has 0 aromatic carbocycles. The van der Waals surface area contributed by atoms with Crippen LogP contribution < -0.4 is 0 Å². The molecule has 1 rings (SSSR count). The Balaban J connectivity index is 2.86. The zero-order valence-electron chi connectivity index (χ0n) is 10.7. The maximum atomic E-state index is 4.03. The van der Waals surface area contributed by atoms with Gasteiger partial charge in [-0.2, -0.15) is 0 Å². The van der Waals surface area contributed by atoms with E-state index in [9.17, 15) is 0 Å². The van der Waals surface area contributed by atoms with Crippen molar-refractivity contribution >= 4 is 0 Å². The van der Waals surface area contributed by atoms with Crippen LogP contribution in [0.3, 0.4) is 0 Å². The summed E-state index contributed by atoms with van der Waals surface area (Å²) in [6, 6.07) is 0. The first-order valence-corrected chi connectivity index (χ1v) is 5.96. The monoisotopic (exact) mass is 217 g/mol. The van der Waals surface area contributed by atoms with E-state index >= 15 is 0 Å². The van der Waals surface area contributed by atoms with Crippen LogP contribution in [0.25, 0.3) is 0 Å². The summed E-state index contributed by atoms with van der Waals surface area (Å²) in [5.74, 6) is 0. The van der Waals surface area contributed by atoms with Gasteiger partial charge in [0.25, 0.3) is 0 Å². The van der Waals surface area contributed by atoms with Crippen molar-refractivity contribution in [3.05, 3.63) is 48.7 Å². The fourth-order valence-electron chi connectivity index (χ4n) is 1.67. The van der Waals surface area contributed by atoms with Crippen molar-refractivity contribution in [3.8, 4) is 0 Å². The van der Waals surface area contributed by atoms with E-state index in [1.807, 2.05) is 0 Å². The molecule has 0 amide bonds. The molecule has 1 atom stereocenters. The summed E-state index contributed by atoms with van der Waals surface area (Å²) in [5, 5.41) is 0. The Morgan fingerprint density at radius 3 is 2.88 bits per heavy atom. The lowest BCUT2D eigenvalue weighted by Crippen LogP contribution is -2.16. The molecular weight excluding hydrogens is 194 g/mol. The SMILES string of the molecule is C=C1/C=C\C=C/CC(C)(CC)/C=C\N(C)C1. The van der Waals surface area contributed by atoms with Crippen molar-refractivity contribution in [2.45, 2.75) is 26.7 Å². The average molecular weight is 217 g/mol. The maximum absolute atomic E-state index is 4.03.